The van der Waals surface area contributed by atoms with Crippen molar-refractivity contribution in [1.29, 1.82) is 0 Å². The van der Waals surface area contributed by atoms with E-state index >= 15 is 0 Å². The van der Waals surface area contributed by atoms with Crippen molar-refractivity contribution in [2.75, 3.05) is 13.2 Å². The summed E-state index contributed by atoms with van der Waals surface area (Å²) in [6.45, 7) is 6.39. The third-order valence-electron chi connectivity index (χ3n) is 11.3. The quantitative estimate of drug-likeness (QED) is 0.0262. The van der Waals surface area contributed by atoms with Crippen LogP contribution in [0.25, 0.3) is 0 Å². The first-order chi connectivity index (χ1) is 33.0. The zero-order chi connectivity index (χ0) is 48.6. The number of esters is 3. The highest BCUT2D eigenvalue weighted by Crippen LogP contribution is 2.13. The average molecular weight is 929 g/mol. The number of hydrogen-bond acceptors (Lipinski definition) is 6. The second kappa shape index (κ2) is 54.7. The maximum atomic E-state index is 12.8. The number of allylic oxidation sites excluding steroid dienone is 17. The number of carbonyl (C=O) groups excluding carboxylic acids is 3. The van der Waals surface area contributed by atoms with Gasteiger partial charge in [0.1, 0.15) is 13.2 Å². The maximum absolute atomic E-state index is 12.8. The van der Waals surface area contributed by atoms with Crippen molar-refractivity contribution in [1.82, 2.24) is 0 Å². The average Bonchev–Trinajstić information content (AvgIpc) is 3.33. The molecule has 0 aromatic carbocycles. The van der Waals surface area contributed by atoms with Gasteiger partial charge in [0.2, 0.25) is 0 Å². The molecule has 0 heterocycles. The van der Waals surface area contributed by atoms with Crippen LogP contribution >= 0.6 is 0 Å². The van der Waals surface area contributed by atoms with Crippen LogP contribution in [0, 0.1) is 0 Å². The lowest BCUT2D eigenvalue weighted by Crippen LogP contribution is -2.30. The summed E-state index contributed by atoms with van der Waals surface area (Å²) in [5.41, 5.74) is 0. The molecule has 6 heteroatoms. The van der Waals surface area contributed by atoms with Crippen molar-refractivity contribution in [3.05, 3.63) is 109 Å². The fourth-order valence-electron chi connectivity index (χ4n) is 7.17. The highest BCUT2D eigenvalue weighted by molar-refractivity contribution is 5.72. The Morgan fingerprint density at radius 1 is 0.328 bits per heavy atom. The third kappa shape index (κ3) is 52.9. The third-order valence-corrected chi connectivity index (χ3v) is 11.3. The van der Waals surface area contributed by atoms with E-state index in [-0.39, 0.29) is 31.6 Å². The first-order valence-corrected chi connectivity index (χ1v) is 27.4. The van der Waals surface area contributed by atoms with Crippen LogP contribution in [-0.2, 0) is 28.6 Å². The van der Waals surface area contributed by atoms with Gasteiger partial charge in [0.15, 0.2) is 6.10 Å². The molecule has 0 bridgehead atoms. The van der Waals surface area contributed by atoms with Crippen molar-refractivity contribution in [3.63, 3.8) is 0 Å². The lowest BCUT2D eigenvalue weighted by molar-refractivity contribution is -0.166. The van der Waals surface area contributed by atoms with E-state index in [1.54, 1.807) is 6.08 Å². The summed E-state index contributed by atoms with van der Waals surface area (Å²) in [4.78, 5) is 38.0. The van der Waals surface area contributed by atoms with Crippen LogP contribution in [0.5, 0.6) is 0 Å². The maximum Gasteiger partial charge on any atom is 0.310 e. The molecule has 0 rings (SSSR count). The van der Waals surface area contributed by atoms with Gasteiger partial charge in [-0.05, 0) is 109 Å². The molecule has 0 aliphatic rings. The first-order valence-electron chi connectivity index (χ1n) is 27.4. The molecule has 0 aromatic rings. The van der Waals surface area contributed by atoms with Gasteiger partial charge in [0, 0.05) is 12.8 Å². The van der Waals surface area contributed by atoms with Gasteiger partial charge in [-0.25, -0.2) is 0 Å². The van der Waals surface area contributed by atoms with Crippen molar-refractivity contribution in [2.45, 2.75) is 245 Å². The van der Waals surface area contributed by atoms with E-state index in [1.165, 1.54) is 89.9 Å². The summed E-state index contributed by atoms with van der Waals surface area (Å²) in [5.74, 6) is -1.08. The molecular weight excluding hydrogens is 829 g/mol. The highest BCUT2D eigenvalue weighted by Gasteiger charge is 2.19. The molecule has 67 heavy (non-hydrogen) atoms. The Bertz CT molecular complexity index is 1390. The van der Waals surface area contributed by atoms with Crippen LogP contribution in [0.2, 0.25) is 0 Å². The van der Waals surface area contributed by atoms with Crippen LogP contribution in [-0.4, -0.2) is 37.2 Å². The molecule has 0 radical (unpaired) electrons. The van der Waals surface area contributed by atoms with Gasteiger partial charge in [0.25, 0.3) is 0 Å². The summed E-state index contributed by atoms with van der Waals surface area (Å²) in [6.07, 6.45) is 73.8. The van der Waals surface area contributed by atoms with Gasteiger partial charge in [0.05, 0.1) is 6.42 Å². The molecule has 0 saturated carbocycles. The Morgan fingerprint density at radius 2 is 0.627 bits per heavy atom. The number of unbranched alkanes of at least 4 members (excludes halogenated alkanes) is 20. The lowest BCUT2D eigenvalue weighted by atomic mass is 10.1. The van der Waals surface area contributed by atoms with E-state index in [4.69, 9.17) is 14.2 Å². The predicted octanol–water partition coefficient (Wildman–Crippen LogP) is 18.3. The molecule has 0 saturated heterocycles. The van der Waals surface area contributed by atoms with Gasteiger partial charge >= 0.3 is 17.9 Å². The SMILES string of the molecule is CC/C=C\C/C=C\C/C=C\C/C=C\C/C=C\CC(=O)OC(COC(=O)CCCCCCC/C=C\CCCCCC)COC(=O)CCCCCCCC/C=C\C/C=C\C/C=C\CCCCCCC. The molecule has 0 fully saturated rings. The Hall–Kier alpha value is -3.93. The van der Waals surface area contributed by atoms with E-state index in [2.05, 4.69) is 118 Å². The Morgan fingerprint density at radius 3 is 1.01 bits per heavy atom. The smallest absolute Gasteiger partial charge is 0.310 e. The standard InChI is InChI=1S/C61H100O6/c1-4-7-10-13-16-19-22-25-27-28-29-30-31-32-34-36-39-42-45-48-51-54-60(63)66-57-58(56-65-59(62)53-50-47-44-41-38-35-24-21-18-15-12-9-6-3)67-61(64)55-52-49-46-43-40-37-33-26-23-20-17-14-11-8-5-2/h8,11,17,20-22,24-26,28-29,31-33,40,43,49,52,58H,4-7,9-10,12-16,18-19,23,27,30,34-39,41-42,44-48,50-51,53-57H2,1-3H3/b11-8-,20-17-,24-21-,25-22-,29-28-,32-31-,33-26-,43-40-,52-49-. The minimum absolute atomic E-state index is 0.0890. The molecule has 0 aliphatic carbocycles. The van der Waals surface area contributed by atoms with Crippen molar-refractivity contribution in [2.24, 2.45) is 0 Å². The summed E-state index contributed by atoms with van der Waals surface area (Å²) in [7, 11) is 0. The van der Waals surface area contributed by atoms with E-state index in [0.717, 1.165) is 103 Å². The predicted molar refractivity (Wildman–Crippen MR) is 288 cm³/mol. The van der Waals surface area contributed by atoms with Crippen molar-refractivity contribution >= 4 is 17.9 Å². The summed E-state index contributed by atoms with van der Waals surface area (Å²) < 4.78 is 16.7. The number of ether oxygens (including phenoxy) is 3. The van der Waals surface area contributed by atoms with Crippen molar-refractivity contribution in [3.8, 4) is 0 Å². The minimum Gasteiger partial charge on any atom is -0.462 e. The normalized spacial score (nSPS) is 12.9. The van der Waals surface area contributed by atoms with Gasteiger partial charge in [-0.1, -0.05) is 220 Å². The Balaban J connectivity index is 4.50. The van der Waals surface area contributed by atoms with Gasteiger partial charge in [-0.15, -0.1) is 0 Å². The number of carbonyl (C=O) groups is 3. The minimum atomic E-state index is -0.843. The fraction of sp³-hybridized carbons (Fsp3) is 0.656. The molecule has 6 nitrogen and oxygen atoms in total. The van der Waals surface area contributed by atoms with Crippen molar-refractivity contribution < 1.29 is 28.6 Å². The monoisotopic (exact) mass is 929 g/mol. The van der Waals surface area contributed by atoms with E-state index in [0.29, 0.717) is 19.3 Å². The molecule has 1 atom stereocenters. The number of hydrogen-bond donors (Lipinski definition) is 0. The van der Waals surface area contributed by atoms with E-state index in [9.17, 15) is 14.4 Å². The molecule has 0 aromatic heterocycles. The summed E-state index contributed by atoms with van der Waals surface area (Å²) in [5, 5.41) is 0. The zero-order valence-electron chi connectivity index (χ0n) is 43.4. The second-order valence-corrected chi connectivity index (χ2v) is 17.8. The largest absolute Gasteiger partial charge is 0.462 e. The van der Waals surface area contributed by atoms with Crippen LogP contribution < -0.4 is 0 Å². The molecule has 0 N–H and O–H groups in total. The van der Waals surface area contributed by atoms with Crippen LogP contribution in [0.1, 0.15) is 239 Å². The zero-order valence-corrected chi connectivity index (χ0v) is 43.4. The number of rotatable bonds is 48. The molecular formula is C61H100O6. The van der Waals surface area contributed by atoms with Gasteiger partial charge in [-0.3, -0.25) is 14.4 Å². The fourth-order valence-corrected chi connectivity index (χ4v) is 7.17. The van der Waals surface area contributed by atoms with Gasteiger partial charge in [-0.2, -0.15) is 0 Å². The first kappa shape index (κ1) is 63.1. The molecule has 0 spiro atoms. The Kier molecular flexibility index (Phi) is 51.5. The van der Waals surface area contributed by atoms with Crippen LogP contribution in [0.3, 0.4) is 0 Å². The summed E-state index contributed by atoms with van der Waals surface area (Å²) >= 11 is 0. The lowest BCUT2D eigenvalue weighted by Gasteiger charge is -2.18. The molecule has 380 valence electrons. The topological polar surface area (TPSA) is 78.9 Å². The van der Waals surface area contributed by atoms with Crippen LogP contribution in [0.4, 0.5) is 0 Å². The molecule has 0 amide bonds. The highest BCUT2D eigenvalue weighted by atomic mass is 16.6. The molecule has 0 aliphatic heterocycles. The second-order valence-electron chi connectivity index (χ2n) is 17.8. The Labute approximate surface area is 412 Å². The van der Waals surface area contributed by atoms with E-state index < -0.39 is 12.1 Å². The van der Waals surface area contributed by atoms with Crippen LogP contribution in [0.15, 0.2) is 109 Å². The van der Waals surface area contributed by atoms with E-state index in [1.807, 2.05) is 6.08 Å². The van der Waals surface area contributed by atoms with Gasteiger partial charge < -0.3 is 14.2 Å². The summed E-state index contributed by atoms with van der Waals surface area (Å²) in [6, 6.07) is 0. The molecule has 1 unspecified atom stereocenters.